The number of aliphatic hydroxyl groups is 1. The van der Waals surface area contributed by atoms with E-state index in [1.807, 2.05) is 0 Å². The Morgan fingerprint density at radius 2 is 1.75 bits per heavy atom. The summed E-state index contributed by atoms with van der Waals surface area (Å²) in [6.07, 6.45) is 11.6. The number of hydrogen-bond donors (Lipinski definition) is 1. The Balaban J connectivity index is 1.66. The van der Waals surface area contributed by atoms with Crippen LogP contribution in [-0.4, -0.2) is 34.7 Å². The lowest BCUT2D eigenvalue weighted by Gasteiger charge is -2.38. The number of fused-ring (bicyclic) bond motifs is 1. The monoisotopic (exact) mass is 223 g/mol. The zero-order valence-electron chi connectivity index (χ0n) is 10.3. The van der Waals surface area contributed by atoms with Gasteiger partial charge in [0.2, 0.25) is 0 Å². The van der Waals surface area contributed by atoms with E-state index < -0.39 is 0 Å². The number of nitrogens with zero attached hydrogens (tertiary/aromatic N) is 1. The molecule has 2 heterocycles. The molecule has 2 atom stereocenters. The maximum Gasteiger partial charge on any atom is 0.0817 e. The SMILES string of the molecule is OC1(CC2CCCC2)CCN2CCCCC21. The van der Waals surface area contributed by atoms with Crippen LogP contribution in [0.1, 0.15) is 57.8 Å². The molecule has 0 spiro atoms. The average Bonchev–Trinajstić information content (AvgIpc) is 2.89. The minimum atomic E-state index is -0.324. The zero-order chi connectivity index (χ0) is 11.0. The van der Waals surface area contributed by atoms with Gasteiger partial charge in [-0.05, 0) is 38.1 Å². The topological polar surface area (TPSA) is 23.5 Å². The van der Waals surface area contributed by atoms with Gasteiger partial charge in [-0.25, -0.2) is 0 Å². The molecule has 2 nitrogen and oxygen atoms in total. The van der Waals surface area contributed by atoms with E-state index in [-0.39, 0.29) is 5.60 Å². The summed E-state index contributed by atoms with van der Waals surface area (Å²) in [6, 6.07) is 0.502. The van der Waals surface area contributed by atoms with Crippen LogP contribution in [0, 0.1) is 5.92 Å². The van der Waals surface area contributed by atoms with Gasteiger partial charge in [-0.2, -0.15) is 0 Å². The first-order valence-corrected chi connectivity index (χ1v) is 7.24. The van der Waals surface area contributed by atoms with Crippen LogP contribution in [0.4, 0.5) is 0 Å². The first-order chi connectivity index (χ1) is 7.78. The average molecular weight is 223 g/mol. The van der Waals surface area contributed by atoms with Gasteiger partial charge < -0.3 is 5.11 Å². The minimum absolute atomic E-state index is 0.324. The molecule has 0 radical (unpaired) electrons. The molecular formula is C14H25NO. The van der Waals surface area contributed by atoms with Crippen molar-refractivity contribution in [3.05, 3.63) is 0 Å². The Hall–Kier alpha value is -0.0800. The van der Waals surface area contributed by atoms with Crippen molar-refractivity contribution < 1.29 is 5.11 Å². The standard InChI is InChI=1S/C14H25NO/c16-14(11-12-5-1-2-6-12)8-10-15-9-4-3-7-13(14)15/h12-13,16H,1-11H2. The number of piperidine rings is 1. The summed E-state index contributed by atoms with van der Waals surface area (Å²) in [5, 5.41) is 10.9. The highest BCUT2D eigenvalue weighted by molar-refractivity contribution is 5.02. The lowest BCUT2D eigenvalue weighted by molar-refractivity contribution is -0.0273. The van der Waals surface area contributed by atoms with Gasteiger partial charge in [0.05, 0.1) is 5.60 Å². The van der Waals surface area contributed by atoms with Gasteiger partial charge in [0.1, 0.15) is 0 Å². The van der Waals surface area contributed by atoms with Crippen molar-refractivity contribution in [1.29, 1.82) is 0 Å². The van der Waals surface area contributed by atoms with Gasteiger partial charge in [0, 0.05) is 12.6 Å². The van der Waals surface area contributed by atoms with Crippen LogP contribution >= 0.6 is 0 Å². The number of hydrogen-bond acceptors (Lipinski definition) is 2. The Bertz CT molecular complexity index is 249. The molecule has 0 aromatic carbocycles. The third kappa shape index (κ3) is 1.91. The molecule has 0 aromatic rings. The van der Waals surface area contributed by atoms with Crippen molar-refractivity contribution in [2.75, 3.05) is 13.1 Å². The summed E-state index contributed by atoms with van der Waals surface area (Å²) in [7, 11) is 0. The van der Waals surface area contributed by atoms with E-state index in [9.17, 15) is 5.11 Å². The molecule has 0 aromatic heterocycles. The molecule has 1 N–H and O–H groups in total. The van der Waals surface area contributed by atoms with Crippen LogP contribution in [0.2, 0.25) is 0 Å². The van der Waals surface area contributed by atoms with Gasteiger partial charge in [0.15, 0.2) is 0 Å². The molecule has 3 aliphatic rings. The predicted molar refractivity (Wildman–Crippen MR) is 65.4 cm³/mol. The van der Waals surface area contributed by atoms with Crippen molar-refractivity contribution in [2.24, 2.45) is 5.92 Å². The fourth-order valence-electron chi connectivity index (χ4n) is 4.32. The van der Waals surface area contributed by atoms with E-state index in [4.69, 9.17) is 0 Å². The summed E-state index contributed by atoms with van der Waals surface area (Å²) in [5.74, 6) is 0.826. The first kappa shape index (κ1) is 11.0. The van der Waals surface area contributed by atoms with Gasteiger partial charge in [0.25, 0.3) is 0 Å². The van der Waals surface area contributed by atoms with Crippen molar-refractivity contribution in [3.8, 4) is 0 Å². The van der Waals surface area contributed by atoms with E-state index in [1.165, 1.54) is 51.5 Å². The molecule has 3 fully saturated rings. The lowest BCUT2D eigenvalue weighted by atomic mass is 9.81. The van der Waals surface area contributed by atoms with Crippen molar-refractivity contribution in [3.63, 3.8) is 0 Å². The van der Waals surface area contributed by atoms with E-state index in [1.54, 1.807) is 0 Å². The normalized spacial score (nSPS) is 41.4. The highest BCUT2D eigenvalue weighted by Crippen LogP contribution is 2.42. The van der Waals surface area contributed by atoms with Crippen molar-refractivity contribution in [2.45, 2.75) is 69.4 Å². The van der Waals surface area contributed by atoms with Gasteiger partial charge in [-0.3, -0.25) is 4.90 Å². The molecule has 0 bridgehead atoms. The number of rotatable bonds is 2. The molecule has 92 valence electrons. The quantitative estimate of drug-likeness (QED) is 0.777. The van der Waals surface area contributed by atoms with Crippen LogP contribution in [-0.2, 0) is 0 Å². The summed E-state index contributed by atoms with van der Waals surface area (Å²) < 4.78 is 0. The molecule has 3 rings (SSSR count). The second-order valence-corrected chi connectivity index (χ2v) is 6.26. The summed E-state index contributed by atoms with van der Waals surface area (Å²) >= 11 is 0. The highest BCUT2D eigenvalue weighted by Gasteiger charge is 2.47. The Morgan fingerprint density at radius 1 is 1.00 bits per heavy atom. The fourth-order valence-corrected chi connectivity index (χ4v) is 4.32. The van der Waals surface area contributed by atoms with E-state index in [2.05, 4.69) is 4.90 Å². The zero-order valence-corrected chi connectivity index (χ0v) is 10.3. The Morgan fingerprint density at radius 3 is 2.56 bits per heavy atom. The minimum Gasteiger partial charge on any atom is -0.388 e. The van der Waals surface area contributed by atoms with Crippen LogP contribution in [0.3, 0.4) is 0 Å². The highest BCUT2D eigenvalue weighted by atomic mass is 16.3. The Kier molecular flexibility index (Phi) is 2.97. The summed E-state index contributed by atoms with van der Waals surface area (Å²) in [5.41, 5.74) is -0.324. The molecule has 1 saturated carbocycles. The van der Waals surface area contributed by atoms with Crippen LogP contribution in [0.5, 0.6) is 0 Å². The van der Waals surface area contributed by atoms with Crippen molar-refractivity contribution >= 4 is 0 Å². The maximum atomic E-state index is 10.9. The van der Waals surface area contributed by atoms with Gasteiger partial charge >= 0.3 is 0 Å². The maximum absolute atomic E-state index is 10.9. The molecule has 1 aliphatic carbocycles. The van der Waals surface area contributed by atoms with Crippen LogP contribution in [0.25, 0.3) is 0 Å². The first-order valence-electron chi connectivity index (χ1n) is 7.24. The summed E-state index contributed by atoms with van der Waals surface area (Å²) in [6.45, 7) is 2.38. The molecule has 0 amide bonds. The lowest BCUT2D eigenvalue weighted by Crippen LogP contribution is -2.47. The smallest absolute Gasteiger partial charge is 0.0817 e. The largest absolute Gasteiger partial charge is 0.388 e. The van der Waals surface area contributed by atoms with E-state index >= 15 is 0 Å². The van der Waals surface area contributed by atoms with Crippen molar-refractivity contribution in [1.82, 2.24) is 4.90 Å². The second kappa shape index (κ2) is 4.30. The second-order valence-electron chi connectivity index (χ2n) is 6.26. The van der Waals surface area contributed by atoms with Gasteiger partial charge in [-0.1, -0.05) is 32.1 Å². The molecule has 16 heavy (non-hydrogen) atoms. The van der Waals surface area contributed by atoms with E-state index in [0.29, 0.717) is 6.04 Å². The molecule has 2 saturated heterocycles. The van der Waals surface area contributed by atoms with Gasteiger partial charge in [-0.15, -0.1) is 0 Å². The van der Waals surface area contributed by atoms with E-state index in [0.717, 1.165) is 25.3 Å². The molecule has 2 unspecified atom stereocenters. The Labute approximate surface area is 99.0 Å². The fraction of sp³-hybridized carbons (Fsp3) is 1.00. The van der Waals surface area contributed by atoms with Crippen LogP contribution < -0.4 is 0 Å². The third-order valence-electron chi connectivity index (χ3n) is 5.18. The van der Waals surface area contributed by atoms with Crippen LogP contribution in [0.15, 0.2) is 0 Å². The molecule has 2 heteroatoms. The summed E-state index contributed by atoms with van der Waals surface area (Å²) in [4.78, 5) is 2.55. The third-order valence-corrected chi connectivity index (χ3v) is 5.18. The molecular weight excluding hydrogens is 198 g/mol. The predicted octanol–water partition coefficient (Wildman–Crippen LogP) is 2.56. The molecule has 2 aliphatic heterocycles.